The van der Waals surface area contributed by atoms with Crippen molar-refractivity contribution in [3.63, 3.8) is 0 Å². The van der Waals surface area contributed by atoms with Gasteiger partial charge in [-0.1, -0.05) is 18.6 Å². The van der Waals surface area contributed by atoms with E-state index >= 15 is 0 Å². The predicted molar refractivity (Wildman–Crippen MR) is 80.9 cm³/mol. The molecule has 2 saturated carbocycles. The van der Waals surface area contributed by atoms with Crippen molar-refractivity contribution in [3.05, 3.63) is 30.2 Å². The number of alkyl halides is 1. The smallest absolute Gasteiger partial charge is 0.196 e. The summed E-state index contributed by atoms with van der Waals surface area (Å²) in [5, 5.41) is 0.160. The van der Waals surface area contributed by atoms with Gasteiger partial charge in [0.05, 0.1) is 0 Å². The summed E-state index contributed by atoms with van der Waals surface area (Å²) in [6, 6.07) is 7.92. The minimum absolute atomic E-state index is 0.160. The van der Waals surface area contributed by atoms with Crippen LogP contribution >= 0.6 is 11.6 Å². The quantitative estimate of drug-likeness (QED) is 0.755. The number of hydrogen-bond acceptors (Lipinski definition) is 2. The van der Waals surface area contributed by atoms with Gasteiger partial charge in [0.15, 0.2) is 11.5 Å². The number of aromatic nitrogens is 1. The zero-order valence-corrected chi connectivity index (χ0v) is 12.4. The van der Waals surface area contributed by atoms with Crippen LogP contribution in [0.15, 0.2) is 28.7 Å². The topological polar surface area (TPSA) is 26.0 Å². The summed E-state index contributed by atoms with van der Waals surface area (Å²) in [6.07, 6.45) is 7.63. The minimum Gasteiger partial charge on any atom is -0.441 e. The molecule has 2 fully saturated rings. The van der Waals surface area contributed by atoms with E-state index in [1.807, 2.05) is 24.3 Å². The van der Waals surface area contributed by atoms with Crippen molar-refractivity contribution in [1.82, 2.24) is 4.98 Å². The normalized spacial score (nSPS) is 30.1. The van der Waals surface area contributed by atoms with Crippen LogP contribution in [0.5, 0.6) is 0 Å². The second kappa shape index (κ2) is 5.07. The van der Waals surface area contributed by atoms with Gasteiger partial charge in [0.1, 0.15) is 5.52 Å². The lowest BCUT2D eigenvalue weighted by molar-refractivity contribution is 0.307. The SMILES string of the molecule is ClC(Cc1nc2ccccc2o1)CC1CC2CCC1C2. The third-order valence-electron chi connectivity index (χ3n) is 5.18. The fraction of sp³-hybridized carbons (Fsp3) is 0.588. The summed E-state index contributed by atoms with van der Waals surface area (Å²) in [5.74, 6) is 3.58. The van der Waals surface area contributed by atoms with E-state index in [4.69, 9.17) is 16.0 Å². The van der Waals surface area contributed by atoms with Crippen molar-refractivity contribution in [2.75, 3.05) is 0 Å². The Hall–Kier alpha value is -1.02. The molecule has 0 radical (unpaired) electrons. The zero-order chi connectivity index (χ0) is 13.5. The van der Waals surface area contributed by atoms with Crippen LogP contribution in [0.3, 0.4) is 0 Å². The molecule has 4 atom stereocenters. The number of rotatable bonds is 4. The number of nitrogens with zero attached hydrogens (tertiary/aromatic N) is 1. The minimum atomic E-state index is 0.160. The number of oxazole rings is 1. The standard InChI is InChI=1S/C17H20ClNO/c18-14(9-13-8-11-5-6-12(13)7-11)10-17-19-15-3-1-2-4-16(15)20-17/h1-4,11-14H,5-10H2. The van der Waals surface area contributed by atoms with Gasteiger partial charge in [0.2, 0.25) is 0 Å². The highest BCUT2D eigenvalue weighted by molar-refractivity contribution is 6.20. The molecule has 2 nitrogen and oxygen atoms in total. The molecule has 1 aromatic carbocycles. The summed E-state index contributed by atoms with van der Waals surface area (Å²) in [4.78, 5) is 4.52. The van der Waals surface area contributed by atoms with E-state index in [1.54, 1.807) is 0 Å². The van der Waals surface area contributed by atoms with Crippen LogP contribution in [-0.2, 0) is 6.42 Å². The molecule has 1 aromatic heterocycles. The Morgan fingerprint density at radius 3 is 2.90 bits per heavy atom. The summed E-state index contributed by atoms with van der Waals surface area (Å²) in [6.45, 7) is 0. The van der Waals surface area contributed by atoms with E-state index in [0.29, 0.717) is 0 Å². The van der Waals surface area contributed by atoms with Crippen LogP contribution in [0, 0.1) is 17.8 Å². The van der Waals surface area contributed by atoms with E-state index in [-0.39, 0.29) is 5.38 Å². The van der Waals surface area contributed by atoms with E-state index < -0.39 is 0 Å². The molecule has 0 amide bonds. The van der Waals surface area contributed by atoms with Gasteiger partial charge < -0.3 is 4.42 Å². The molecule has 4 unspecified atom stereocenters. The van der Waals surface area contributed by atoms with Crippen molar-refractivity contribution in [3.8, 4) is 0 Å². The number of fused-ring (bicyclic) bond motifs is 3. The largest absolute Gasteiger partial charge is 0.441 e. The molecule has 0 spiro atoms. The molecule has 2 bridgehead atoms. The summed E-state index contributed by atoms with van der Waals surface area (Å²) in [7, 11) is 0. The lowest BCUT2D eigenvalue weighted by Crippen LogP contribution is -2.17. The van der Waals surface area contributed by atoms with Gasteiger partial charge >= 0.3 is 0 Å². The van der Waals surface area contributed by atoms with Crippen LogP contribution in [0.4, 0.5) is 0 Å². The van der Waals surface area contributed by atoms with E-state index in [9.17, 15) is 0 Å². The molecular weight excluding hydrogens is 270 g/mol. The molecular formula is C17H20ClNO. The van der Waals surface area contributed by atoms with E-state index in [1.165, 1.54) is 25.7 Å². The average molecular weight is 290 g/mol. The van der Waals surface area contributed by atoms with Crippen LogP contribution in [0.25, 0.3) is 11.1 Å². The first-order chi connectivity index (χ1) is 9.78. The maximum atomic E-state index is 6.56. The molecule has 2 aliphatic rings. The van der Waals surface area contributed by atoms with Crippen molar-refractivity contribution in [2.24, 2.45) is 17.8 Å². The van der Waals surface area contributed by atoms with E-state index in [0.717, 1.165) is 47.6 Å². The maximum Gasteiger partial charge on any atom is 0.196 e. The fourth-order valence-corrected chi connectivity index (χ4v) is 4.63. The first kappa shape index (κ1) is 12.7. The van der Waals surface area contributed by atoms with Gasteiger partial charge in [0.25, 0.3) is 0 Å². The van der Waals surface area contributed by atoms with Gasteiger partial charge in [-0.05, 0) is 55.6 Å². The van der Waals surface area contributed by atoms with Gasteiger partial charge in [-0.15, -0.1) is 11.6 Å². The molecule has 0 N–H and O–H groups in total. The van der Waals surface area contributed by atoms with Crippen LogP contribution in [0.2, 0.25) is 0 Å². The maximum absolute atomic E-state index is 6.56. The summed E-state index contributed by atoms with van der Waals surface area (Å²) < 4.78 is 5.77. The van der Waals surface area contributed by atoms with Crippen molar-refractivity contribution >= 4 is 22.7 Å². The number of halogens is 1. The molecule has 2 aliphatic carbocycles. The Kier molecular flexibility index (Phi) is 3.22. The average Bonchev–Trinajstić information content (AvgIpc) is 3.11. The molecule has 1 heterocycles. The lowest BCUT2D eigenvalue weighted by Gasteiger charge is -2.23. The Morgan fingerprint density at radius 1 is 1.25 bits per heavy atom. The lowest BCUT2D eigenvalue weighted by atomic mass is 9.85. The highest BCUT2D eigenvalue weighted by Crippen LogP contribution is 2.50. The molecule has 0 saturated heterocycles. The highest BCUT2D eigenvalue weighted by Gasteiger charge is 2.39. The van der Waals surface area contributed by atoms with Gasteiger partial charge in [-0.2, -0.15) is 0 Å². The van der Waals surface area contributed by atoms with Crippen LogP contribution in [-0.4, -0.2) is 10.4 Å². The second-order valence-corrected chi connectivity index (χ2v) is 7.16. The van der Waals surface area contributed by atoms with Crippen molar-refractivity contribution in [1.29, 1.82) is 0 Å². The molecule has 2 aromatic rings. The van der Waals surface area contributed by atoms with Gasteiger partial charge in [-0.3, -0.25) is 0 Å². The fourth-order valence-electron chi connectivity index (χ4n) is 4.27. The third kappa shape index (κ3) is 2.35. The number of benzene rings is 1. The van der Waals surface area contributed by atoms with Crippen LogP contribution in [0.1, 0.15) is 38.0 Å². The zero-order valence-electron chi connectivity index (χ0n) is 11.6. The Bertz CT molecular complexity index is 575. The highest BCUT2D eigenvalue weighted by atomic mass is 35.5. The van der Waals surface area contributed by atoms with Crippen molar-refractivity contribution in [2.45, 2.75) is 43.9 Å². The number of para-hydroxylation sites is 2. The Balaban J connectivity index is 1.40. The molecule has 3 heteroatoms. The number of hydrogen-bond donors (Lipinski definition) is 0. The second-order valence-electron chi connectivity index (χ2n) is 6.55. The Morgan fingerprint density at radius 2 is 2.15 bits per heavy atom. The predicted octanol–water partition coefficient (Wildman–Crippen LogP) is 4.80. The first-order valence-corrected chi connectivity index (χ1v) is 8.20. The first-order valence-electron chi connectivity index (χ1n) is 7.76. The van der Waals surface area contributed by atoms with Gasteiger partial charge in [-0.25, -0.2) is 4.98 Å². The third-order valence-corrected chi connectivity index (χ3v) is 5.51. The molecule has 0 aliphatic heterocycles. The van der Waals surface area contributed by atoms with Gasteiger partial charge in [0, 0.05) is 11.8 Å². The molecule has 20 heavy (non-hydrogen) atoms. The monoisotopic (exact) mass is 289 g/mol. The Labute approximate surface area is 124 Å². The van der Waals surface area contributed by atoms with Crippen molar-refractivity contribution < 1.29 is 4.42 Å². The molecule has 106 valence electrons. The van der Waals surface area contributed by atoms with E-state index in [2.05, 4.69) is 4.98 Å². The van der Waals surface area contributed by atoms with Crippen LogP contribution < -0.4 is 0 Å². The molecule has 4 rings (SSSR count). The summed E-state index contributed by atoms with van der Waals surface area (Å²) >= 11 is 6.56. The summed E-state index contributed by atoms with van der Waals surface area (Å²) in [5.41, 5.74) is 1.80.